The number of carbonyl (C=O) groups excluding carboxylic acids is 2. The Morgan fingerprint density at radius 1 is 1.21 bits per heavy atom. The summed E-state index contributed by atoms with van der Waals surface area (Å²) in [5.74, 6) is -3.81. The van der Waals surface area contributed by atoms with Gasteiger partial charge in [0.15, 0.2) is 11.3 Å². The van der Waals surface area contributed by atoms with Crippen LogP contribution in [0.5, 0.6) is 0 Å². The lowest BCUT2D eigenvalue weighted by Crippen LogP contribution is -2.17. The van der Waals surface area contributed by atoms with Crippen LogP contribution in [0, 0.1) is 11.3 Å². The van der Waals surface area contributed by atoms with Gasteiger partial charge in [0.2, 0.25) is 5.78 Å². The van der Waals surface area contributed by atoms with Gasteiger partial charge in [-0.15, -0.1) is 0 Å². The lowest BCUT2D eigenvalue weighted by Gasteiger charge is -2.00. The van der Waals surface area contributed by atoms with Crippen LogP contribution in [0.2, 0.25) is 0 Å². The van der Waals surface area contributed by atoms with Crippen LogP contribution in [0.4, 0.5) is 0 Å². The standard InChI is InChI=1S/C13H10N2O4/c14-7-9(13(15)19)12(18)11(17)6-10(16)8-4-2-1-3-5-8/h1-6,16,18H,(H2,15,19)/b10-6-,12-9+. The van der Waals surface area contributed by atoms with Crippen LogP contribution in [-0.4, -0.2) is 21.9 Å². The van der Waals surface area contributed by atoms with Crippen LogP contribution in [0.25, 0.3) is 5.76 Å². The fraction of sp³-hybridized carbons (Fsp3) is 0. The smallest absolute Gasteiger partial charge is 0.263 e. The van der Waals surface area contributed by atoms with E-state index in [1.807, 2.05) is 0 Å². The second-order valence-electron chi connectivity index (χ2n) is 3.46. The number of nitrogens with zero attached hydrogens (tertiary/aromatic N) is 1. The third kappa shape index (κ3) is 3.44. The molecule has 4 N–H and O–H groups in total. The quantitative estimate of drug-likeness (QED) is 0.421. The minimum absolute atomic E-state index is 0.348. The third-order valence-electron chi connectivity index (χ3n) is 2.17. The number of aliphatic hydroxyl groups is 2. The number of primary amides is 1. The molecule has 0 aliphatic carbocycles. The molecule has 1 aromatic carbocycles. The van der Waals surface area contributed by atoms with Crippen molar-refractivity contribution >= 4 is 17.4 Å². The van der Waals surface area contributed by atoms with Crippen molar-refractivity contribution in [1.82, 2.24) is 0 Å². The average Bonchev–Trinajstić information content (AvgIpc) is 2.39. The molecular weight excluding hydrogens is 248 g/mol. The summed E-state index contributed by atoms with van der Waals surface area (Å²) in [4.78, 5) is 22.3. The van der Waals surface area contributed by atoms with Crippen molar-refractivity contribution in [2.45, 2.75) is 0 Å². The topological polar surface area (TPSA) is 124 Å². The number of hydrogen-bond acceptors (Lipinski definition) is 5. The van der Waals surface area contributed by atoms with Gasteiger partial charge < -0.3 is 15.9 Å². The minimum atomic E-state index is -1.22. The molecule has 0 spiro atoms. The molecule has 0 aromatic heterocycles. The van der Waals surface area contributed by atoms with Gasteiger partial charge in [0.1, 0.15) is 11.8 Å². The predicted octanol–water partition coefficient (Wildman–Crippen LogP) is 0.976. The van der Waals surface area contributed by atoms with Crippen molar-refractivity contribution in [3.8, 4) is 6.07 Å². The Labute approximate surface area is 108 Å². The number of hydrogen-bond donors (Lipinski definition) is 3. The monoisotopic (exact) mass is 258 g/mol. The molecule has 6 heteroatoms. The SMILES string of the molecule is N#C/C(C(N)=O)=C(\O)C(=O)/C=C(\O)c1ccccc1. The Morgan fingerprint density at radius 3 is 2.26 bits per heavy atom. The predicted molar refractivity (Wildman–Crippen MR) is 66.5 cm³/mol. The first-order valence-electron chi connectivity index (χ1n) is 5.11. The van der Waals surface area contributed by atoms with Crippen LogP contribution in [0.1, 0.15) is 5.56 Å². The highest BCUT2D eigenvalue weighted by atomic mass is 16.3. The van der Waals surface area contributed by atoms with Crippen LogP contribution >= 0.6 is 0 Å². The van der Waals surface area contributed by atoms with Crippen molar-refractivity contribution in [2.75, 3.05) is 0 Å². The largest absolute Gasteiger partial charge is 0.507 e. The van der Waals surface area contributed by atoms with Gasteiger partial charge in [0, 0.05) is 11.6 Å². The van der Waals surface area contributed by atoms with Crippen LogP contribution in [-0.2, 0) is 9.59 Å². The summed E-state index contributed by atoms with van der Waals surface area (Å²) in [5.41, 5.74) is 4.30. The summed E-state index contributed by atoms with van der Waals surface area (Å²) in [5, 5.41) is 27.6. The maximum absolute atomic E-state index is 11.5. The van der Waals surface area contributed by atoms with E-state index in [0.29, 0.717) is 11.6 Å². The molecule has 0 aliphatic heterocycles. The average molecular weight is 258 g/mol. The molecule has 0 heterocycles. The van der Waals surface area contributed by atoms with Gasteiger partial charge in [-0.1, -0.05) is 30.3 Å². The fourth-order valence-corrected chi connectivity index (χ4v) is 1.23. The molecule has 0 saturated carbocycles. The number of allylic oxidation sites excluding steroid dienone is 1. The molecule has 1 rings (SSSR count). The summed E-state index contributed by atoms with van der Waals surface area (Å²) in [6.07, 6.45) is 0.699. The van der Waals surface area contributed by atoms with Crippen molar-refractivity contribution in [3.63, 3.8) is 0 Å². The van der Waals surface area contributed by atoms with E-state index < -0.39 is 28.8 Å². The number of nitriles is 1. The number of ketones is 1. The molecule has 0 saturated heterocycles. The molecular formula is C13H10N2O4. The molecule has 0 unspecified atom stereocenters. The van der Waals surface area contributed by atoms with Crippen LogP contribution in [0.15, 0.2) is 47.7 Å². The van der Waals surface area contributed by atoms with Gasteiger partial charge >= 0.3 is 0 Å². The van der Waals surface area contributed by atoms with E-state index in [-0.39, 0.29) is 0 Å². The minimum Gasteiger partial charge on any atom is -0.507 e. The zero-order valence-corrected chi connectivity index (χ0v) is 9.70. The van der Waals surface area contributed by atoms with Crippen LogP contribution < -0.4 is 5.73 Å². The molecule has 96 valence electrons. The molecule has 0 fully saturated rings. The molecule has 19 heavy (non-hydrogen) atoms. The zero-order valence-electron chi connectivity index (χ0n) is 9.70. The molecule has 0 bridgehead atoms. The van der Waals surface area contributed by atoms with E-state index in [9.17, 15) is 19.8 Å². The van der Waals surface area contributed by atoms with Gasteiger partial charge in [0.05, 0.1) is 0 Å². The normalized spacial score (nSPS) is 12.3. The highest BCUT2D eigenvalue weighted by Gasteiger charge is 2.17. The molecule has 1 aromatic rings. The highest BCUT2D eigenvalue weighted by Crippen LogP contribution is 2.12. The van der Waals surface area contributed by atoms with E-state index in [0.717, 1.165) is 0 Å². The van der Waals surface area contributed by atoms with Crippen LogP contribution in [0.3, 0.4) is 0 Å². The Kier molecular flexibility index (Phi) is 4.44. The van der Waals surface area contributed by atoms with Gasteiger partial charge in [-0.25, -0.2) is 0 Å². The Morgan fingerprint density at radius 2 is 1.79 bits per heavy atom. The van der Waals surface area contributed by atoms with E-state index in [2.05, 4.69) is 0 Å². The number of amides is 1. The first-order valence-corrected chi connectivity index (χ1v) is 5.11. The zero-order chi connectivity index (χ0) is 14.4. The molecule has 6 nitrogen and oxygen atoms in total. The lowest BCUT2D eigenvalue weighted by molar-refractivity contribution is -0.116. The fourth-order valence-electron chi connectivity index (χ4n) is 1.23. The number of rotatable bonds is 4. The second-order valence-corrected chi connectivity index (χ2v) is 3.46. The summed E-state index contributed by atoms with van der Waals surface area (Å²) < 4.78 is 0. The maximum atomic E-state index is 11.5. The first-order chi connectivity index (χ1) is 8.97. The molecule has 0 atom stereocenters. The van der Waals surface area contributed by atoms with E-state index in [1.165, 1.54) is 6.07 Å². The highest BCUT2D eigenvalue weighted by molar-refractivity contribution is 6.12. The van der Waals surface area contributed by atoms with E-state index in [1.54, 1.807) is 30.3 Å². The van der Waals surface area contributed by atoms with Gasteiger partial charge in [-0.3, -0.25) is 9.59 Å². The van der Waals surface area contributed by atoms with Gasteiger partial charge in [-0.2, -0.15) is 5.26 Å². The van der Waals surface area contributed by atoms with E-state index in [4.69, 9.17) is 11.0 Å². The molecule has 0 aliphatic rings. The third-order valence-corrected chi connectivity index (χ3v) is 2.17. The van der Waals surface area contributed by atoms with Crippen molar-refractivity contribution in [2.24, 2.45) is 5.73 Å². The van der Waals surface area contributed by atoms with Crippen molar-refractivity contribution in [1.29, 1.82) is 5.26 Å². The number of nitrogens with two attached hydrogens (primary N) is 1. The summed E-state index contributed by atoms with van der Waals surface area (Å²) in [6.45, 7) is 0. The summed E-state index contributed by atoms with van der Waals surface area (Å²) in [7, 11) is 0. The first kappa shape index (κ1) is 14.0. The van der Waals surface area contributed by atoms with Crippen molar-refractivity contribution in [3.05, 3.63) is 53.3 Å². The summed E-state index contributed by atoms with van der Waals surface area (Å²) in [6, 6.07) is 9.40. The maximum Gasteiger partial charge on any atom is 0.263 e. The number of aliphatic hydroxyl groups excluding tert-OH is 2. The van der Waals surface area contributed by atoms with Crippen molar-refractivity contribution < 1.29 is 19.8 Å². The van der Waals surface area contributed by atoms with E-state index >= 15 is 0 Å². The molecule has 0 radical (unpaired) electrons. The second kappa shape index (κ2) is 6.02. The Balaban J connectivity index is 3.10. The Bertz CT molecular complexity index is 609. The summed E-state index contributed by atoms with van der Waals surface area (Å²) >= 11 is 0. The van der Waals surface area contributed by atoms with Gasteiger partial charge in [0.25, 0.3) is 5.91 Å². The Hall–Kier alpha value is -3.07. The number of benzene rings is 1. The number of carbonyl (C=O) groups is 2. The lowest BCUT2D eigenvalue weighted by atomic mass is 10.1. The molecule has 1 amide bonds. The van der Waals surface area contributed by atoms with Gasteiger partial charge in [-0.05, 0) is 0 Å².